The van der Waals surface area contributed by atoms with Gasteiger partial charge in [-0.05, 0) is 0 Å². The van der Waals surface area contributed by atoms with Crippen LogP contribution in [0, 0.1) is 13.0 Å². The van der Waals surface area contributed by atoms with E-state index in [1.165, 1.54) is 5.56 Å². The Hall–Kier alpha value is -0.403. The Morgan fingerprint density at radius 3 is 0.958 bits per heavy atom. The number of aryl methyl sites for hydroxylation is 1. The molecular formula is C7H19B4LiO12. The van der Waals surface area contributed by atoms with Crippen LogP contribution < -0.4 is 18.9 Å². The van der Waals surface area contributed by atoms with Crippen molar-refractivity contribution in [1.82, 2.24) is 0 Å². The molecule has 0 bridgehead atoms. The molecule has 0 aliphatic carbocycles. The number of benzene rings is 1. The summed E-state index contributed by atoms with van der Waals surface area (Å²) in [5, 5.41) is 86.0. The Bertz CT molecular complexity index is 272. The summed E-state index contributed by atoms with van der Waals surface area (Å²) in [6.45, 7) is 2.03. The summed E-state index contributed by atoms with van der Waals surface area (Å²) in [6.07, 6.45) is 0. The van der Waals surface area contributed by atoms with Gasteiger partial charge in [0.05, 0.1) is 0 Å². The first-order chi connectivity index (χ1) is 10.3. The van der Waals surface area contributed by atoms with E-state index in [4.69, 9.17) is 60.3 Å². The van der Waals surface area contributed by atoms with Crippen LogP contribution in [0.1, 0.15) is 5.56 Å². The van der Waals surface area contributed by atoms with Crippen LogP contribution in [0.15, 0.2) is 24.3 Å². The fourth-order valence-corrected chi connectivity index (χ4v) is 0.483. The maximum absolute atomic E-state index is 7.17. The molecule has 0 amide bonds. The zero-order valence-electron chi connectivity index (χ0n) is 13.0. The molecule has 1 rings (SSSR count). The van der Waals surface area contributed by atoms with Gasteiger partial charge in [-0.1, -0.05) is 6.92 Å². The molecule has 1 aromatic carbocycles. The molecule has 132 valence electrons. The van der Waals surface area contributed by atoms with Gasteiger partial charge in [-0.3, -0.25) is 0 Å². The second-order valence-electron chi connectivity index (χ2n) is 2.93. The van der Waals surface area contributed by atoms with Gasteiger partial charge in [-0.25, -0.2) is 0 Å². The van der Waals surface area contributed by atoms with Gasteiger partial charge in [0.15, 0.2) is 0 Å². The van der Waals surface area contributed by atoms with E-state index in [1.54, 1.807) is 0 Å². The Morgan fingerprint density at radius 1 is 0.625 bits per heavy atom. The van der Waals surface area contributed by atoms with E-state index >= 15 is 0 Å². The molecule has 17 heteroatoms. The second-order valence-corrected chi connectivity index (χ2v) is 2.93. The molecular weight excluding hydrogens is 326 g/mol. The molecule has 0 spiro atoms. The van der Waals surface area contributed by atoms with E-state index in [9.17, 15) is 0 Å². The van der Waals surface area contributed by atoms with E-state index in [1.807, 2.05) is 31.2 Å². The van der Waals surface area contributed by atoms with Crippen LogP contribution in [0.5, 0.6) is 0 Å². The summed E-state index contributed by atoms with van der Waals surface area (Å²) in [5.41, 5.74) is 1.20. The zero-order chi connectivity index (χ0) is 19.4. The standard InChI is InChI=1S/C7H7.4BH3O3.Li/c1-7-5-3-2-4-6-7;4*2-1(3)4;/h2-5H,1H3;4*2-4H;/q-1;;;;;+1. The molecule has 0 aromatic heterocycles. The summed E-state index contributed by atoms with van der Waals surface area (Å²) in [6, 6.07) is 10.9. The van der Waals surface area contributed by atoms with Crippen molar-refractivity contribution < 1.29 is 79.1 Å². The summed E-state index contributed by atoms with van der Waals surface area (Å²) in [4.78, 5) is 0. The third kappa shape index (κ3) is 159. The van der Waals surface area contributed by atoms with Crippen molar-refractivity contribution in [3.05, 3.63) is 35.9 Å². The van der Waals surface area contributed by atoms with Crippen LogP contribution in [0.25, 0.3) is 0 Å². The Morgan fingerprint density at radius 2 is 0.875 bits per heavy atom. The van der Waals surface area contributed by atoms with E-state index < -0.39 is 29.3 Å². The quantitative estimate of drug-likeness (QED) is 0.155. The SMILES string of the molecule is Cc1[c-]cccc1.OB(O)O.OB(O)O.OB(O)O.OB(O)O.[Li+]. The summed E-state index contributed by atoms with van der Waals surface area (Å²) in [5.74, 6) is 0. The summed E-state index contributed by atoms with van der Waals surface area (Å²) >= 11 is 0. The van der Waals surface area contributed by atoms with Crippen LogP contribution >= 0.6 is 0 Å². The van der Waals surface area contributed by atoms with Gasteiger partial charge in [0.1, 0.15) is 0 Å². The maximum atomic E-state index is 7.17. The molecule has 0 aliphatic heterocycles. The summed E-state index contributed by atoms with van der Waals surface area (Å²) < 4.78 is 0. The van der Waals surface area contributed by atoms with Crippen molar-refractivity contribution >= 4 is 29.3 Å². The van der Waals surface area contributed by atoms with Crippen LogP contribution in [0.3, 0.4) is 0 Å². The van der Waals surface area contributed by atoms with Crippen molar-refractivity contribution in [2.24, 2.45) is 0 Å². The Balaban J connectivity index is -0.0000000641. The molecule has 0 heterocycles. The predicted octanol–water partition coefficient (Wildman–Crippen LogP) is -9.41. The minimum atomic E-state index is -2.17. The van der Waals surface area contributed by atoms with E-state index in [0.717, 1.165) is 0 Å². The normalized spacial score (nSPS) is 7.04. The van der Waals surface area contributed by atoms with Crippen LogP contribution in [-0.2, 0) is 0 Å². The average Bonchev–Trinajstić information content (AvgIpc) is 2.26. The number of hydrogen-bond acceptors (Lipinski definition) is 12. The molecule has 0 saturated heterocycles. The minimum absolute atomic E-state index is 0. The molecule has 0 fully saturated rings. The number of hydrogen-bond donors (Lipinski definition) is 12. The van der Waals surface area contributed by atoms with Gasteiger partial charge in [0.25, 0.3) is 0 Å². The van der Waals surface area contributed by atoms with Crippen molar-refractivity contribution in [1.29, 1.82) is 0 Å². The van der Waals surface area contributed by atoms with Crippen molar-refractivity contribution in [2.75, 3.05) is 0 Å². The topological polar surface area (TPSA) is 243 Å². The molecule has 12 N–H and O–H groups in total. The molecule has 0 atom stereocenters. The third-order valence-corrected chi connectivity index (χ3v) is 0.865. The molecule has 0 aliphatic rings. The van der Waals surface area contributed by atoms with Crippen molar-refractivity contribution in [2.45, 2.75) is 6.92 Å². The van der Waals surface area contributed by atoms with Gasteiger partial charge in [0.2, 0.25) is 0 Å². The molecule has 24 heavy (non-hydrogen) atoms. The van der Waals surface area contributed by atoms with Crippen molar-refractivity contribution in [3.63, 3.8) is 0 Å². The molecule has 0 unspecified atom stereocenters. The molecule has 0 saturated carbocycles. The zero-order valence-corrected chi connectivity index (χ0v) is 13.0. The van der Waals surface area contributed by atoms with E-state index in [2.05, 4.69) is 6.07 Å². The first-order valence-corrected chi connectivity index (χ1v) is 5.43. The minimum Gasteiger partial charge on any atom is -0.402 e. The fraction of sp³-hybridized carbons (Fsp3) is 0.143. The maximum Gasteiger partial charge on any atom is 1.00 e. The first-order valence-electron chi connectivity index (χ1n) is 5.43. The monoisotopic (exact) mass is 346 g/mol. The van der Waals surface area contributed by atoms with Crippen LogP contribution in [0.4, 0.5) is 0 Å². The van der Waals surface area contributed by atoms with Gasteiger partial charge in [-0.15, -0.1) is 0 Å². The second kappa shape index (κ2) is 27.4. The Kier molecular flexibility index (Phi) is 39.8. The van der Waals surface area contributed by atoms with Gasteiger partial charge < -0.3 is 60.3 Å². The molecule has 1 aromatic rings. The van der Waals surface area contributed by atoms with Crippen LogP contribution in [0.2, 0.25) is 0 Å². The predicted molar refractivity (Wildman–Crippen MR) is 79.7 cm³/mol. The fourth-order valence-electron chi connectivity index (χ4n) is 0.483. The first kappa shape index (κ1) is 34.8. The van der Waals surface area contributed by atoms with Gasteiger partial charge in [0, 0.05) is 0 Å². The van der Waals surface area contributed by atoms with Gasteiger partial charge in [-0.2, -0.15) is 35.9 Å². The van der Waals surface area contributed by atoms with Gasteiger partial charge >= 0.3 is 48.1 Å². The molecule has 12 nitrogen and oxygen atoms in total. The number of rotatable bonds is 0. The third-order valence-electron chi connectivity index (χ3n) is 0.865. The van der Waals surface area contributed by atoms with E-state index in [-0.39, 0.29) is 18.9 Å². The average molecular weight is 345 g/mol. The smallest absolute Gasteiger partial charge is 0.402 e. The summed E-state index contributed by atoms with van der Waals surface area (Å²) in [7, 11) is -8.67. The van der Waals surface area contributed by atoms with Crippen molar-refractivity contribution in [3.8, 4) is 0 Å². The Labute approximate surface area is 151 Å². The van der Waals surface area contributed by atoms with E-state index in [0.29, 0.717) is 0 Å². The molecule has 0 radical (unpaired) electrons. The largest absolute Gasteiger partial charge is 1.00 e. The van der Waals surface area contributed by atoms with Crippen LogP contribution in [-0.4, -0.2) is 89.6 Å².